The quantitative estimate of drug-likeness (QED) is 0.479. The first-order valence-corrected chi connectivity index (χ1v) is 9.03. The van der Waals surface area contributed by atoms with Crippen molar-refractivity contribution in [3.05, 3.63) is 71.8 Å². The number of aliphatic hydroxyl groups is 1. The van der Waals surface area contributed by atoms with E-state index in [0.717, 1.165) is 0 Å². The van der Waals surface area contributed by atoms with Crippen LogP contribution in [-0.2, 0) is 0 Å². The Balaban J connectivity index is 0.000000307. The minimum absolute atomic E-state index is 0.271. The third kappa shape index (κ3) is 7.56. The minimum atomic E-state index is -1.08. The predicted molar refractivity (Wildman–Crippen MR) is 101 cm³/mol. The molecule has 0 aliphatic carbocycles. The van der Waals surface area contributed by atoms with Crippen LogP contribution in [0.1, 0.15) is 74.4 Å². The average molecular weight is 326 g/mol. The van der Waals surface area contributed by atoms with Crippen molar-refractivity contribution in [1.29, 1.82) is 0 Å². The molecule has 0 heterocycles. The van der Waals surface area contributed by atoms with Crippen LogP contribution in [0.2, 0.25) is 0 Å². The van der Waals surface area contributed by atoms with Crippen molar-refractivity contribution in [3.8, 4) is 0 Å². The summed E-state index contributed by atoms with van der Waals surface area (Å²) in [6, 6.07) is 17.7. The number of hydrogen-bond donors (Lipinski definition) is 1. The molecule has 2 aromatic carbocycles. The van der Waals surface area contributed by atoms with Crippen LogP contribution in [0.3, 0.4) is 0 Å². The maximum Gasteiger partial charge on any atom is 0.195 e. The molecular weight excluding hydrogens is 296 g/mol. The van der Waals surface area contributed by atoms with Crippen LogP contribution in [0.5, 0.6) is 0 Å². The largest absolute Gasteiger partial charge is 0.380 e. The highest BCUT2D eigenvalue weighted by atomic mass is 16.3. The zero-order valence-corrected chi connectivity index (χ0v) is 14.9. The van der Waals surface area contributed by atoms with Crippen molar-refractivity contribution in [2.75, 3.05) is 0 Å². The number of rotatable bonds is 8. The van der Waals surface area contributed by atoms with Crippen LogP contribution in [0.4, 0.5) is 0 Å². The Kier molecular flexibility index (Phi) is 10.5. The van der Waals surface area contributed by atoms with Gasteiger partial charge in [-0.15, -0.1) is 0 Å². The average Bonchev–Trinajstić information content (AvgIpc) is 2.66. The monoisotopic (exact) mass is 326 g/mol. The molecule has 0 saturated heterocycles. The topological polar surface area (TPSA) is 37.3 Å². The Labute approximate surface area is 146 Å². The highest BCUT2D eigenvalue weighted by Gasteiger charge is 2.18. The number of ketones is 1. The number of Topliss-reactive ketones (excluding diaryl/α,β-unsaturated/α-hetero) is 1. The summed E-state index contributed by atoms with van der Waals surface area (Å²) in [6.45, 7) is 4.51. The number of hydrogen-bond acceptors (Lipinski definition) is 2. The van der Waals surface area contributed by atoms with Gasteiger partial charge in [-0.25, -0.2) is 0 Å². The lowest BCUT2D eigenvalue weighted by Crippen LogP contribution is -2.11. The summed E-state index contributed by atoms with van der Waals surface area (Å²) in [5.74, 6) is -0.271. The SMILES string of the molecule is CCCCCCCC.O=C(c1ccccc1)C(O)c1ccccc1. The van der Waals surface area contributed by atoms with Crippen molar-refractivity contribution >= 4 is 5.78 Å². The lowest BCUT2D eigenvalue weighted by atomic mass is 10.0. The van der Waals surface area contributed by atoms with Gasteiger partial charge in [-0.05, 0) is 5.56 Å². The van der Waals surface area contributed by atoms with E-state index < -0.39 is 6.10 Å². The molecule has 2 heteroatoms. The molecule has 0 aromatic heterocycles. The fourth-order valence-electron chi connectivity index (χ4n) is 2.40. The summed E-state index contributed by atoms with van der Waals surface area (Å²) in [5, 5.41) is 9.89. The zero-order chi connectivity index (χ0) is 17.6. The van der Waals surface area contributed by atoms with Crippen LogP contribution < -0.4 is 0 Å². The Bertz CT molecular complexity index is 543. The van der Waals surface area contributed by atoms with Gasteiger partial charge in [-0.3, -0.25) is 4.79 Å². The van der Waals surface area contributed by atoms with Gasteiger partial charge in [0.1, 0.15) is 6.10 Å². The van der Waals surface area contributed by atoms with Gasteiger partial charge in [-0.1, -0.05) is 113 Å². The summed E-state index contributed by atoms with van der Waals surface area (Å²) < 4.78 is 0. The number of carbonyl (C=O) groups is 1. The molecule has 0 fully saturated rings. The van der Waals surface area contributed by atoms with E-state index >= 15 is 0 Å². The Morgan fingerprint density at radius 1 is 0.792 bits per heavy atom. The molecule has 0 bridgehead atoms. The van der Waals surface area contributed by atoms with Crippen molar-refractivity contribution in [2.45, 2.75) is 58.5 Å². The first kappa shape index (κ1) is 20.1. The standard InChI is InChI=1S/C14H12O2.C8H18/c15-13(11-7-3-1-4-8-11)14(16)12-9-5-2-6-10-12;1-3-5-7-8-6-4-2/h1-10,13,15H;3-8H2,1-2H3. The number of unbranched alkanes of at least 4 members (excludes halogenated alkanes) is 5. The first-order chi connectivity index (χ1) is 11.7. The van der Waals surface area contributed by atoms with E-state index in [-0.39, 0.29) is 5.78 Å². The molecule has 1 N–H and O–H groups in total. The third-order valence-corrected chi connectivity index (χ3v) is 3.88. The fraction of sp³-hybridized carbons (Fsp3) is 0.409. The van der Waals surface area contributed by atoms with Gasteiger partial charge in [0.05, 0.1) is 0 Å². The van der Waals surface area contributed by atoms with Gasteiger partial charge in [0.15, 0.2) is 5.78 Å². The summed E-state index contributed by atoms with van der Waals surface area (Å²) in [4.78, 5) is 11.9. The molecule has 1 unspecified atom stereocenters. The van der Waals surface area contributed by atoms with Crippen LogP contribution in [-0.4, -0.2) is 10.9 Å². The molecule has 2 rings (SSSR count). The molecule has 24 heavy (non-hydrogen) atoms. The number of aliphatic hydroxyl groups excluding tert-OH is 1. The molecule has 0 amide bonds. The van der Waals surface area contributed by atoms with Crippen molar-refractivity contribution in [2.24, 2.45) is 0 Å². The van der Waals surface area contributed by atoms with E-state index in [2.05, 4.69) is 13.8 Å². The summed E-state index contributed by atoms with van der Waals surface area (Å²) in [6.07, 6.45) is 7.41. The lowest BCUT2D eigenvalue weighted by Gasteiger charge is -2.09. The number of carbonyl (C=O) groups excluding carboxylic acids is 1. The maximum absolute atomic E-state index is 11.9. The minimum Gasteiger partial charge on any atom is -0.380 e. The lowest BCUT2D eigenvalue weighted by molar-refractivity contribution is 0.0747. The van der Waals surface area contributed by atoms with Crippen molar-refractivity contribution < 1.29 is 9.90 Å². The second kappa shape index (κ2) is 12.5. The van der Waals surface area contributed by atoms with Gasteiger partial charge in [-0.2, -0.15) is 0 Å². The predicted octanol–water partition coefficient (Wildman–Crippen LogP) is 5.97. The highest BCUT2D eigenvalue weighted by molar-refractivity contribution is 5.99. The molecule has 0 spiro atoms. The number of benzene rings is 2. The van der Waals surface area contributed by atoms with Gasteiger partial charge in [0.2, 0.25) is 0 Å². The van der Waals surface area contributed by atoms with Crippen LogP contribution in [0.25, 0.3) is 0 Å². The van der Waals surface area contributed by atoms with Crippen LogP contribution in [0.15, 0.2) is 60.7 Å². The van der Waals surface area contributed by atoms with Gasteiger partial charge >= 0.3 is 0 Å². The Morgan fingerprint density at radius 3 is 1.71 bits per heavy atom. The molecule has 130 valence electrons. The second-order valence-corrected chi connectivity index (χ2v) is 5.96. The van der Waals surface area contributed by atoms with E-state index in [9.17, 15) is 9.90 Å². The van der Waals surface area contributed by atoms with E-state index in [4.69, 9.17) is 0 Å². The molecule has 0 aliphatic heterocycles. The molecule has 0 radical (unpaired) electrons. The molecule has 0 aliphatic rings. The molecular formula is C22H30O2. The van der Waals surface area contributed by atoms with Gasteiger partial charge in [0.25, 0.3) is 0 Å². The Hall–Kier alpha value is -1.93. The van der Waals surface area contributed by atoms with Gasteiger partial charge < -0.3 is 5.11 Å². The van der Waals surface area contributed by atoms with E-state index in [1.807, 2.05) is 12.1 Å². The molecule has 0 saturated carbocycles. The molecule has 2 aromatic rings. The van der Waals surface area contributed by atoms with Gasteiger partial charge in [0, 0.05) is 5.56 Å². The zero-order valence-electron chi connectivity index (χ0n) is 14.9. The van der Waals surface area contributed by atoms with Crippen LogP contribution in [0, 0.1) is 0 Å². The normalized spacial score (nSPS) is 11.3. The van der Waals surface area contributed by atoms with E-state index in [1.165, 1.54) is 38.5 Å². The van der Waals surface area contributed by atoms with E-state index in [0.29, 0.717) is 11.1 Å². The first-order valence-electron chi connectivity index (χ1n) is 9.03. The fourth-order valence-corrected chi connectivity index (χ4v) is 2.40. The summed E-state index contributed by atoms with van der Waals surface area (Å²) >= 11 is 0. The summed E-state index contributed by atoms with van der Waals surface area (Å²) in [7, 11) is 0. The molecule has 1 atom stereocenters. The smallest absolute Gasteiger partial charge is 0.195 e. The highest BCUT2D eigenvalue weighted by Crippen LogP contribution is 2.17. The maximum atomic E-state index is 11.9. The second-order valence-electron chi connectivity index (χ2n) is 5.96. The third-order valence-electron chi connectivity index (χ3n) is 3.88. The molecule has 2 nitrogen and oxygen atoms in total. The van der Waals surface area contributed by atoms with Crippen LogP contribution >= 0.6 is 0 Å². The van der Waals surface area contributed by atoms with E-state index in [1.54, 1.807) is 48.5 Å². The Morgan fingerprint density at radius 2 is 1.25 bits per heavy atom. The van der Waals surface area contributed by atoms with Crippen molar-refractivity contribution in [1.82, 2.24) is 0 Å². The summed E-state index contributed by atoms with van der Waals surface area (Å²) in [5.41, 5.74) is 1.15. The van der Waals surface area contributed by atoms with Crippen molar-refractivity contribution in [3.63, 3.8) is 0 Å².